The first kappa shape index (κ1) is 12.4. The van der Waals surface area contributed by atoms with Crippen LogP contribution in [0.25, 0.3) is 11.4 Å². The van der Waals surface area contributed by atoms with Gasteiger partial charge in [0.25, 0.3) is 0 Å². The van der Waals surface area contributed by atoms with Crippen molar-refractivity contribution in [2.24, 2.45) is 0 Å². The van der Waals surface area contributed by atoms with E-state index in [1.54, 1.807) is 0 Å². The van der Waals surface area contributed by atoms with Gasteiger partial charge in [-0.2, -0.15) is 0 Å². The summed E-state index contributed by atoms with van der Waals surface area (Å²) >= 11 is 0. The van der Waals surface area contributed by atoms with Gasteiger partial charge in [-0.05, 0) is 24.3 Å². The summed E-state index contributed by atoms with van der Waals surface area (Å²) in [6, 6.07) is 11.9. The Bertz CT molecular complexity index is 485. The zero-order chi connectivity index (χ0) is 13.1. The first-order valence-corrected chi connectivity index (χ1v) is 5.87. The minimum absolute atomic E-state index is 0.893. The van der Waals surface area contributed by atoms with Crippen LogP contribution in [0.4, 0.5) is 11.6 Å². The Hall–Kier alpha value is -2.10. The van der Waals surface area contributed by atoms with E-state index in [2.05, 4.69) is 9.97 Å². The van der Waals surface area contributed by atoms with Gasteiger partial charge >= 0.3 is 0 Å². The van der Waals surface area contributed by atoms with Gasteiger partial charge in [0.05, 0.1) is 11.4 Å². The number of hydrogen-bond acceptors (Lipinski definition) is 4. The molecule has 0 aliphatic rings. The van der Waals surface area contributed by atoms with E-state index in [1.807, 2.05) is 74.4 Å². The van der Waals surface area contributed by atoms with Crippen LogP contribution in [-0.4, -0.2) is 38.2 Å². The number of aromatic nitrogens is 2. The van der Waals surface area contributed by atoms with E-state index in [-0.39, 0.29) is 0 Å². The molecular weight excluding hydrogens is 224 g/mol. The molecule has 2 aromatic heterocycles. The van der Waals surface area contributed by atoms with E-state index in [0.717, 1.165) is 23.0 Å². The summed E-state index contributed by atoms with van der Waals surface area (Å²) in [5.74, 6) is 1.87. The van der Waals surface area contributed by atoms with Crippen molar-refractivity contribution in [3.8, 4) is 11.4 Å². The van der Waals surface area contributed by atoms with Gasteiger partial charge in [-0.3, -0.25) is 0 Å². The quantitative estimate of drug-likeness (QED) is 0.826. The Morgan fingerprint density at radius 3 is 1.39 bits per heavy atom. The minimum Gasteiger partial charge on any atom is -0.363 e. The molecule has 4 nitrogen and oxygen atoms in total. The molecule has 0 amide bonds. The summed E-state index contributed by atoms with van der Waals surface area (Å²) in [6.45, 7) is 0. The highest BCUT2D eigenvalue weighted by molar-refractivity contribution is 5.59. The van der Waals surface area contributed by atoms with E-state index in [1.165, 1.54) is 0 Å². The molecule has 0 saturated carbocycles. The molecule has 0 spiro atoms. The van der Waals surface area contributed by atoms with Gasteiger partial charge in [0.15, 0.2) is 0 Å². The first-order valence-electron chi connectivity index (χ1n) is 5.87. The van der Waals surface area contributed by atoms with Crippen LogP contribution in [0.15, 0.2) is 36.4 Å². The molecule has 0 N–H and O–H groups in total. The van der Waals surface area contributed by atoms with Gasteiger partial charge in [0, 0.05) is 28.2 Å². The second-order valence-electron chi connectivity index (χ2n) is 4.55. The van der Waals surface area contributed by atoms with Gasteiger partial charge in [-0.1, -0.05) is 12.1 Å². The first-order chi connectivity index (χ1) is 8.58. The molecular formula is C14H18N4. The topological polar surface area (TPSA) is 32.3 Å². The molecule has 94 valence electrons. The van der Waals surface area contributed by atoms with E-state index in [9.17, 15) is 0 Å². The van der Waals surface area contributed by atoms with Gasteiger partial charge in [0.2, 0.25) is 0 Å². The zero-order valence-electron chi connectivity index (χ0n) is 11.3. The molecule has 0 aliphatic carbocycles. The van der Waals surface area contributed by atoms with Crippen LogP contribution in [-0.2, 0) is 0 Å². The van der Waals surface area contributed by atoms with Crippen LogP contribution in [0, 0.1) is 0 Å². The third-order valence-electron chi connectivity index (χ3n) is 2.65. The maximum Gasteiger partial charge on any atom is 0.128 e. The fourth-order valence-electron chi connectivity index (χ4n) is 1.63. The molecule has 4 heteroatoms. The summed E-state index contributed by atoms with van der Waals surface area (Å²) in [5, 5.41) is 0. The maximum atomic E-state index is 4.59. The second kappa shape index (κ2) is 5.04. The van der Waals surface area contributed by atoms with Gasteiger partial charge in [0.1, 0.15) is 11.6 Å². The number of nitrogens with zero attached hydrogens (tertiary/aromatic N) is 4. The van der Waals surface area contributed by atoms with Crippen molar-refractivity contribution in [3.63, 3.8) is 0 Å². The Morgan fingerprint density at radius 2 is 1.06 bits per heavy atom. The number of rotatable bonds is 3. The highest BCUT2D eigenvalue weighted by Crippen LogP contribution is 2.20. The number of pyridine rings is 2. The smallest absolute Gasteiger partial charge is 0.128 e. The van der Waals surface area contributed by atoms with Crippen molar-refractivity contribution in [2.45, 2.75) is 0 Å². The molecule has 0 aromatic carbocycles. The van der Waals surface area contributed by atoms with Crippen molar-refractivity contribution in [2.75, 3.05) is 38.0 Å². The predicted molar refractivity (Wildman–Crippen MR) is 76.1 cm³/mol. The number of anilines is 2. The molecule has 2 aromatic rings. The van der Waals surface area contributed by atoms with Crippen molar-refractivity contribution < 1.29 is 0 Å². The van der Waals surface area contributed by atoms with Crippen LogP contribution >= 0.6 is 0 Å². The normalized spacial score (nSPS) is 10.2. The second-order valence-corrected chi connectivity index (χ2v) is 4.55. The average molecular weight is 242 g/mol. The molecule has 0 saturated heterocycles. The van der Waals surface area contributed by atoms with E-state index >= 15 is 0 Å². The lowest BCUT2D eigenvalue weighted by Crippen LogP contribution is -2.12. The SMILES string of the molecule is CN(C)c1cccc(-c2cccc(N(C)C)n2)n1. The van der Waals surface area contributed by atoms with E-state index < -0.39 is 0 Å². The lowest BCUT2D eigenvalue weighted by Gasteiger charge is -2.14. The van der Waals surface area contributed by atoms with Crippen LogP contribution in [0.5, 0.6) is 0 Å². The van der Waals surface area contributed by atoms with Crippen LogP contribution in [0.2, 0.25) is 0 Å². The van der Waals surface area contributed by atoms with Gasteiger partial charge in [-0.15, -0.1) is 0 Å². The van der Waals surface area contributed by atoms with Crippen molar-refractivity contribution >= 4 is 11.6 Å². The average Bonchev–Trinajstić information content (AvgIpc) is 2.39. The van der Waals surface area contributed by atoms with Crippen LogP contribution < -0.4 is 9.80 Å². The van der Waals surface area contributed by atoms with Crippen LogP contribution in [0.3, 0.4) is 0 Å². The predicted octanol–water partition coefficient (Wildman–Crippen LogP) is 2.28. The van der Waals surface area contributed by atoms with Gasteiger partial charge in [-0.25, -0.2) is 9.97 Å². The summed E-state index contributed by atoms with van der Waals surface area (Å²) in [6.07, 6.45) is 0. The van der Waals surface area contributed by atoms with Crippen molar-refractivity contribution in [3.05, 3.63) is 36.4 Å². The Labute approximate surface area is 108 Å². The fourth-order valence-corrected chi connectivity index (χ4v) is 1.63. The van der Waals surface area contributed by atoms with Crippen molar-refractivity contribution in [1.29, 1.82) is 0 Å². The van der Waals surface area contributed by atoms with Crippen molar-refractivity contribution in [1.82, 2.24) is 9.97 Å². The summed E-state index contributed by atoms with van der Waals surface area (Å²) in [7, 11) is 7.93. The van der Waals surface area contributed by atoms with E-state index in [0.29, 0.717) is 0 Å². The minimum atomic E-state index is 0.893. The lowest BCUT2D eigenvalue weighted by atomic mass is 10.2. The zero-order valence-corrected chi connectivity index (χ0v) is 11.3. The molecule has 0 radical (unpaired) electrons. The monoisotopic (exact) mass is 242 g/mol. The maximum absolute atomic E-state index is 4.59. The molecule has 0 fully saturated rings. The van der Waals surface area contributed by atoms with E-state index in [4.69, 9.17) is 0 Å². The lowest BCUT2D eigenvalue weighted by molar-refractivity contribution is 1.05. The summed E-state index contributed by atoms with van der Waals surface area (Å²) in [4.78, 5) is 13.1. The highest BCUT2D eigenvalue weighted by atomic mass is 15.1. The summed E-state index contributed by atoms with van der Waals surface area (Å²) in [5.41, 5.74) is 1.79. The molecule has 2 rings (SSSR count). The molecule has 0 unspecified atom stereocenters. The Morgan fingerprint density at radius 1 is 0.667 bits per heavy atom. The van der Waals surface area contributed by atoms with Crippen LogP contribution in [0.1, 0.15) is 0 Å². The Balaban J connectivity index is 2.42. The summed E-state index contributed by atoms with van der Waals surface area (Å²) < 4.78 is 0. The fraction of sp³-hybridized carbons (Fsp3) is 0.286. The molecule has 0 bridgehead atoms. The largest absolute Gasteiger partial charge is 0.363 e. The molecule has 18 heavy (non-hydrogen) atoms. The Kier molecular flexibility index (Phi) is 3.46. The molecule has 0 atom stereocenters. The number of hydrogen-bond donors (Lipinski definition) is 0. The molecule has 2 heterocycles. The highest BCUT2D eigenvalue weighted by Gasteiger charge is 2.05. The molecule has 0 aliphatic heterocycles. The van der Waals surface area contributed by atoms with Gasteiger partial charge < -0.3 is 9.80 Å². The third kappa shape index (κ3) is 2.59. The third-order valence-corrected chi connectivity index (χ3v) is 2.65. The standard InChI is InChI=1S/C14H18N4/c1-17(2)13-9-5-7-11(15-13)12-8-6-10-14(16-12)18(3)4/h5-10H,1-4H3.